The lowest BCUT2D eigenvalue weighted by molar-refractivity contribution is 0.169. The van der Waals surface area contributed by atoms with Crippen LogP contribution in [0.3, 0.4) is 0 Å². The lowest BCUT2D eigenvalue weighted by Crippen LogP contribution is -2.28. The van der Waals surface area contributed by atoms with E-state index in [2.05, 4.69) is 5.32 Å². The second kappa shape index (κ2) is 5.27. The molecule has 0 fully saturated rings. The minimum Gasteiger partial charge on any atom is -0.493 e. The molecule has 0 spiro atoms. The highest BCUT2D eigenvalue weighted by molar-refractivity contribution is 5.72. The number of benzene rings is 1. The van der Waals surface area contributed by atoms with Crippen LogP contribution < -0.4 is 14.8 Å². The van der Waals surface area contributed by atoms with Crippen molar-refractivity contribution < 1.29 is 14.3 Å². The van der Waals surface area contributed by atoms with E-state index in [1.54, 1.807) is 21.2 Å². The van der Waals surface area contributed by atoms with E-state index in [1.165, 1.54) is 10.5 Å². The van der Waals surface area contributed by atoms with Crippen LogP contribution in [0.2, 0.25) is 0 Å². The summed E-state index contributed by atoms with van der Waals surface area (Å²) in [6.07, 6.45) is 0.540. The molecular formula is C13H18N2O3. The summed E-state index contributed by atoms with van der Waals surface area (Å²) in [6.45, 7) is 1.64. The Morgan fingerprint density at radius 2 is 2.17 bits per heavy atom. The van der Waals surface area contributed by atoms with Crippen molar-refractivity contribution in [2.24, 2.45) is 0 Å². The molecule has 0 unspecified atom stereocenters. The van der Waals surface area contributed by atoms with Gasteiger partial charge >= 0.3 is 6.09 Å². The fourth-order valence-corrected chi connectivity index (χ4v) is 1.96. The minimum atomic E-state index is -0.396. The molecule has 0 aromatic heterocycles. The monoisotopic (exact) mass is 250 g/mol. The first kappa shape index (κ1) is 12.7. The molecule has 0 saturated heterocycles. The molecule has 1 heterocycles. The highest BCUT2D eigenvalue weighted by Gasteiger charge is 2.21. The Morgan fingerprint density at radius 1 is 1.39 bits per heavy atom. The third-order valence-electron chi connectivity index (χ3n) is 2.97. The zero-order chi connectivity index (χ0) is 13.1. The Morgan fingerprint density at radius 3 is 2.83 bits per heavy atom. The van der Waals surface area contributed by atoms with Gasteiger partial charge in [0.05, 0.1) is 7.11 Å². The van der Waals surface area contributed by atoms with Crippen LogP contribution in [-0.4, -0.2) is 38.7 Å². The summed E-state index contributed by atoms with van der Waals surface area (Å²) in [7, 11) is 4.88. The highest BCUT2D eigenvalue weighted by Crippen LogP contribution is 2.35. The molecule has 1 aliphatic heterocycles. The quantitative estimate of drug-likeness (QED) is 0.862. The first-order chi connectivity index (χ1) is 8.63. The number of hydrogen-bond donors (Lipinski definition) is 1. The lowest BCUT2D eigenvalue weighted by atomic mass is 9.99. The Kier molecular flexibility index (Phi) is 3.72. The Balaban J connectivity index is 2.38. The highest BCUT2D eigenvalue weighted by atomic mass is 16.6. The Bertz CT molecular complexity index is 458. The van der Waals surface area contributed by atoms with Crippen molar-refractivity contribution in [2.45, 2.75) is 13.0 Å². The molecule has 0 atom stereocenters. The standard InChI is InChI=1S/C13H18N2O3/c1-15(2)13(16)18-12-10-8-14-7-6-9(10)4-5-11(12)17-3/h4-5,14H,6-8H2,1-3H3. The summed E-state index contributed by atoms with van der Waals surface area (Å²) in [4.78, 5) is 13.1. The molecule has 1 N–H and O–H groups in total. The number of carbonyl (C=O) groups excluding carboxylic acids is 1. The number of carbonyl (C=O) groups is 1. The van der Waals surface area contributed by atoms with Crippen LogP contribution in [-0.2, 0) is 13.0 Å². The molecule has 0 aliphatic carbocycles. The number of rotatable bonds is 2. The van der Waals surface area contributed by atoms with E-state index in [-0.39, 0.29) is 0 Å². The fraction of sp³-hybridized carbons (Fsp3) is 0.462. The first-order valence-electron chi connectivity index (χ1n) is 5.92. The molecule has 1 amide bonds. The van der Waals surface area contributed by atoms with Gasteiger partial charge in [0.1, 0.15) is 0 Å². The lowest BCUT2D eigenvalue weighted by Gasteiger charge is -2.22. The predicted octanol–water partition coefficient (Wildman–Crippen LogP) is 1.40. The summed E-state index contributed by atoms with van der Waals surface area (Å²) in [5.74, 6) is 1.12. The second-order valence-electron chi connectivity index (χ2n) is 4.42. The summed E-state index contributed by atoms with van der Waals surface area (Å²) in [5, 5.41) is 3.27. The second-order valence-corrected chi connectivity index (χ2v) is 4.42. The molecule has 1 aromatic carbocycles. The molecule has 5 nitrogen and oxygen atoms in total. The van der Waals surface area contributed by atoms with Gasteiger partial charge in [-0.1, -0.05) is 6.07 Å². The van der Waals surface area contributed by atoms with Gasteiger partial charge in [-0.3, -0.25) is 0 Å². The van der Waals surface area contributed by atoms with E-state index >= 15 is 0 Å². The predicted molar refractivity (Wildman–Crippen MR) is 68.1 cm³/mol. The van der Waals surface area contributed by atoms with Crippen molar-refractivity contribution >= 4 is 6.09 Å². The smallest absolute Gasteiger partial charge is 0.414 e. The van der Waals surface area contributed by atoms with Crippen molar-refractivity contribution in [2.75, 3.05) is 27.7 Å². The molecule has 18 heavy (non-hydrogen) atoms. The number of fused-ring (bicyclic) bond motifs is 1. The Labute approximate surface area is 107 Å². The van der Waals surface area contributed by atoms with Gasteiger partial charge < -0.3 is 19.7 Å². The number of nitrogens with one attached hydrogen (secondary N) is 1. The largest absolute Gasteiger partial charge is 0.493 e. The molecule has 0 bridgehead atoms. The van der Waals surface area contributed by atoms with Crippen molar-refractivity contribution in [3.05, 3.63) is 23.3 Å². The zero-order valence-electron chi connectivity index (χ0n) is 10.9. The van der Waals surface area contributed by atoms with Gasteiger partial charge in [-0.05, 0) is 24.6 Å². The molecular weight excluding hydrogens is 232 g/mol. The topological polar surface area (TPSA) is 50.8 Å². The number of hydrogen-bond acceptors (Lipinski definition) is 4. The van der Waals surface area contributed by atoms with Crippen molar-refractivity contribution in [1.29, 1.82) is 0 Å². The summed E-state index contributed by atoms with van der Waals surface area (Å²) in [6, 6.07) is 3.88. The SMILES string of the molecule is COc1ccc2c(c1OC(=O)N(C)C)CNCC2. The van der Waals surface area contributed by atoms with Gasteiger partial charge in [0.25, 0.3) is 0 Å². The average Bonchev–Trinajstić information content (AvgIpc) is 2.39. The zero-order valence-corrected chi connectivity index (χ0v) is 10.9. The molecule has 1 aromatic rings. The maximum absolute atomic E-state index is 11.7. The minimum absolute atomic E-state index is 0.396. The number of nitrogens with zero attached hydrogens (tertiary/aromatic N) is 1. The molecule has 1 aliphatic rings. The van der Waals surface area contributed by atoms with E-state index in [4.69, 9.17) is 9.47 Å². The van der Waals surface area contributed by atoms with E-state index in [9.17, 15) is 4.79 Å². The molecule has 0 saturated carbocycles. The van der Waals surface area contributed by atoms with Gasteiger partial charge in [-0.15, -0.1) is 0 Å². The van der Waals surface area contributed by atoms with Crippen molar-refractivity contribution in [1.82, 2.24) is 10.2 Å². The maximum Gasteiger partial charge on any atom is 0.414 e. The number of amides is 1. The van der Waals surface area contributed by atoms with Crippen molar-refractivity contribution in [3.63, 3.8) is 0 Å². The van der Waals surface area contributed by atoms with Gasteiger partial charge in [0, 0.05) is 26.2 Å². The number of ether oxygens (including phenoxy) is 2. The van der Waals surface area contributed by atoms with Gasteiger partial charge in [-0.2, -0.15) is 0 Å². The fourth-order valence-electron chi connectivity index (χ4n) is 1.96. The van der Waals surface area contributed by atoms with E-state index in [0.29, 0.717) is 18.0 Å². The van der Waals surface area contributed by atoms with Gasteiger partial charge in [0.15, 0.2) is 11.5 Å². The van der Waals surface area contributed by atoms with Crippen LogP contribution in [0.25, 0.3) is 0 Å². The van der Waals surface area contributed by atoms with Crippen LogP contribution in [0.4, 0.5) is 4.79 Å². The molecule has 5 heteroatoms. The van der Waals surface area contributed by atoms with Crippen molar-refractivity contribution in [3.8, 4) is 11.5 Å². The normalized spacial score (nSPS) is 13.7. The summed E-state index contributed by atoms with van der Waals surface area (Å²) in [5.41, 5.74) is 2.21. The molecule has 2 rings (SSSR count). The maximum atomic E-state index is 11.7. The van der Waals surface area contributed by atoms with Crippen LogP contribution in [0, 0.1) is 0 Å². The van der Waals surface area contributed by atoms with Crippen LogP contribution >= 0.6 is 0 Å². The summed E-state index contributed by atoms with van der Waals surface area (Å²) >= 11 is 0. The van der Waals surface area contributed by atoms with E-state index in [0.717, 1.165) is 18.5 Å². The summed E-state index contributed by atoms with van der Waals surface area (Å²) < 4.78 is 10.7. The van der Waals surface area contributed by atoms with Gasteiger partial charge in [0.2, 0.25) is 0 Å². The third kappa shape index (κ3) is 2.41. The van der Waals surface area contributed by atoms with E-state index < -0.39 is 6.09 Å². The van der Waals surface area contributed by atoms with Crippen LogP contribution in [0.1, 0.15) is 11.1 Å². The van der Waals surface area contributed by atoms with Crippen LogP contribution in [0.5, 0.6) is 11.5 Å². The first-order valence-corrected chi connectivity index (χ1v) is 5.92. The van der Waals surface area contributed by atoms with E-state index in [1.807, 2.05) is 12.1 Å². The molecule has 0 radical (unpaired) electrons. The number of methoxy groups -OCH3 is 1. The average molecular weight is 250 g/mol. The molecule has 98 valence electrons. The van der Waals surface area contributed by atoms with Gasteiger partial charge in [-0.25, -0.2) is 4.79 Å². The Hall–Kier alpha value is -1.75. The van der Waals surface area contributed by atoms with Crippen LogP contribution in [0.15, 0.2) is 12.1 Å². The third-order valence-corrected chi connectivity index (χ3v) is 2.97.